The highest BCUT2D eigenvalue weighted by Crippen LogP contribution is 2.32. The lowest BCUT2D eigenvalue weighted by molar-refractivity contribution is -0.384. The summed E-state index contributed by atoms with van der Waals surface area (Å²) in [4.78, 5) is 10.4. The van der Waals surface area contributed by atoms with E-state index in [0.29, 0.717) is 5.92 Å². The summed E-state index contributed by atoms with van der Waals surface area (Å²) in [5.41, 5.74) is 2.46. The molecular formula is C13H19NO2. The van der Waals surface area contributed by atoms with Crippen LogP contribution in [0.3, 0.4) is 0 Å². The third-order valence-corrected chi connectivity index (χ3v) is 2.68. The summed E-state index contributed by atoms with van der Waals surface area (Å²) in [5, 5.41) is 10.7. The van der Waals surface area contributed by atoms with Crippen LogP contribution in [0.15, 0.2) is 18.2 Å². The van der Waals surface area contributed by atoms with Crippen molar-refractivity contribution in [2.45, 2.75) is 46.0 Å². The minimum absolute atomic E-state index is 0.0226. The van der Waals surface area contributed by atoms with E-state index in [-0.39, 0.29) is 16.0 Å². The van der Waals surface area contributed by atoms with Gasteiger partial charge >= 0.3 is 0 Å². The summed E-state index contributed by atoms with van der Waals surface area (Å²) in [6.45, 7) is 10.5. The van der Waals surface area contributed by atoms with Crippen LogP contribution in [0.1, 0.15) is 51.7 Å². The molecule has 16 heavy (non-hydrogen) atoms. The van der Waals surface area contributed by atoms with Crippen LogP contribution in [0.4, 0.5) is 5.69 Å². The zero-order chi connectivity index (χ0) is 12.5. The van der Waals surface area contributed by atoms with Crippen molar-refractivity contribution in [2.24, 2.45) is 0 Å². The Morgan fingerprint density at radius 2 is 1.81 bits per heavy atom. The van der Waals surface area contributed by atoms with Crippen LogP contribution in [0.5, 0.6) is 0 Å². The van der Waals surface area contributed by atoms with Crippen LogP contribution in [0, 0.1) is 10.1 Å². The number of benzene rings is 1. The van der Waals surface area contributed by atoms with Crippen molar-refractivity contribution in [3.8, 4) is 0 Å². The molecule has 0 aliphatic rings. The molecule has 88 valence electrons. The Kier molecular flexibility index (Phi) is 3.36. The van der Waals surface area contributed by atoms with Gasteiger partial charge in [0.05, 0.1) is 4.92 Å². The first-order chi connectivity index (χ1) is 7.23. The monoisotopic (exact) mass is 221 g/mol. The second-order valence-electron chi connectivity index (χ2n) is 5.43. The zero-order valence-electron chi connectivity index (χ0n) is 10.6. The Labute approximate surface area is 96.6 Å². The fourth-order valence-corrected chi connectivity index (χ4v) is 1.82. The Morgan fingerprint density at radius 1 is 1.25 bits per heavy atom. The van der Waals surface area contributed by atoms with Gasteiger partial charge in [0, 0.05) is 12.1 Å². The molecule has 0 aliphatic heterocycles. The van der Waals surface area contributed by atoms with E-state index in [0.717, 1.165) is 5.56 Å². The molecule has 0 fully saturated rings. The Hall–Kier alpha value is -1.38. The molecule has 0 spiro atoms. The van der Waals surface area contributed by atoms with Crippen molar-refractivity contribution >= 4 is 5.69 Å². The van der Waals surface area contributed by atoms with Gasteiger partial charge in [-0.05, 0) is 22.5 Å². The maximum atomic E-state index is 10.7. The van der Waals surface area contributed by atoms with Crippen molar-refractivity contribution < 1.29 is 4.92 Å². The number of nitrogens with zero attached hydrogens (tertiary/aromatic N) is 1. The first-order valence-corrected chi connectivity index (χ1v) is 5.52. The molecule has 0 atom stereocenters. The molecule has 0 heterocycles. The van der Waals surface area contributed by atoms with Gasteiger partial charge in [-0.15, -0.1) is 0 Å². The summed E-state index contributed by atoms with van der Waals surface area (Å²) >= 11 is 0. The van der Waals surface area contributed by atoms with E-state index in [2.05, 4.69) is 34.6 Å². The van der Waals surface area contributed by atoms with Gasteiger partial charge < -0.3 is 0 Å². The number of hydrogen-bond acceptors (Lipinski definition) is 2. The smallest absolute Gasteiger partial charge is 0.258 e. The summed E-state index contributed by atoms with van der Waals surface area (Å²) in [7, 11) is 0. The molecule has 1 aromatic carbocycles. The minimum atomic E-state index is -0.335. The number of nitro benzene ring substituents is 1. The second kappa shape index (κ2) is 4.24. The molecule has 3 nitrogen and oxygen atoms in total. The van der Waals surface area contributed by atoms with E-state index >= 15 is 0 Å². The van der Waals surface area contributed by atoms with Gasteiger partial charge in [-0.3, -0.25) is 10.1 Å². The van der Waals surface area contributed by atoms with Crippen molar-refractivity contribution in [1.82, 2.24) is 0 Å². The average Bonchev–Trinajstić information content (AvgIpc) is 2.15. The molecule has 0 aromatic heterocycles. The van der Waals surface area contributed by atoms with Gasteiger partial charge in [0.15, 0.2) is 0 Å². The summed E-state index contributed by atoms with van der Waals surface area (Å²) in [6.07, 6.45) is 0. The molecule has 0 saturated carbocycles. The highest BCUT2D eigenvalue weighted by atomic mass is 16.6. The normalized spacial score (nSPS) is 11.9. The van der Waals surface area contributed by atoms with Crippen LogP contribution in [0.2, 0.25) is 0 Å². The SMILES string of the molecule is CC(C)c1cc([N+](=O)[O-])ccc1C(C)(C)C. The van der Waals surface area contributed by atoms with Crippen molar-refractivity contribution in [1.29, 1.82) is 0 Å². The molecule has 1 aromatic rings. The van der Waals surface area contributed by atoms with Crippen LogP contribution < -0.4 is 0 Å². The first-order valence-electron chi connectivity index (χ1n) is 5.52. The van der Waals surface area contributed by atoms with Crippen LogP contribution >= 0.6 is 0 Å². The zero-order valence-corrected chi connectivity index (χ0v) is 10.6. The maximum Gasteiger partial charge on any atom is 0.269 e. The predicted octanol–water partition coefficient (Wildman–Crippen LogP) is 4.02. The molecule has 0 bridgehead atoms. The highest BCUT2D eigenvalue weighted by Gasteiger charge is 2.21. The van der Waals surface area contributed by atoms with Crippen LogP contribution in [-0.2, 0) is 5.41 Å². The number of non-ortho nitro benzene ring substituents is 1. The lowest BCUT2D eigenvalue weighted by atomic mass is 9.80. The lowest BCUT2D eigenvalue weighted by Crippen LogP contribution is -2.15. The quantitative estimate of drug-likeness (QED) is 0.559. The van der Waals surface area contributed by atoms with E-state index in [1.165, 1.54) is 5.56 Å². The van der Waals surface area contributed by atoms with E-state index in [4.69, 9.17) is 0 Å². The fourth-order valence-electron chi connectivity index (χ4n) is 1.82. The van der Waals surface area contributed by atoms with Gasteiger partial charge in [0.25, 0.3) is 5.69 Å². The number of rotatable bonds is 2. The molecule has 0 unspecified atom stereocenters. The van der Waals surface area contributed by atoms with Crippen LogP contribution in [0.25, 0.3) is 0 Å². The molecule has 0 N–H and O–H groups in total. The second-order valence-corrected chi connectivity index (χ2v) is 5.43. The largest absolute Gasteiger partial charge is 0.269 e. The number of hydrogen-bond donors (Lipinski definition) is 0. The topological polar surface area (TPSA) is 43.1 Å². The summed E-state index contributed by atoms with van der Waals surface area (Å²) < 4.78 is 0. The molecule has 1 rings (SSSR count). The Balaban J connectivity index is 3.37. The van der Waals surface area contributed by atoms with Gasteiger partial charge in [0.1, 0.15) is 0 Å². The summed E-state index contributed by atoms with van der Waals surface area (Å²) in [5.74, 6) is 0.300. The molecule has 0 saturated heterocycles. The number of nitro groups is 1. The summed E-state index contributed by atoms with van der Waals surface area (Å²) in [6, 6.07) is 5.17. The molecule has 0 amide bonds. The maximum absolute atomic E-state index is 10.7. The van der Waals surface area contributed by atoms with Gasteiger partial charge in [0.2, 0.25) is 0 Å². The van der Waals surface area contributed by atoms with Crippen molar-refractivity contribution in [3.05, 3.63) is 39.4 Å². The van der Waals surface area contributed by atoms with E-state index in [9.17, 15) is 10.1 Å². The van der Waals surface area contributed by atoms with Gasteiger partial charge in [-0.1, -0.05) is 40.7 Å². The molecule has 0 radical (unpaired) electrons. The van der Waals surface area contributed by atoms with E-state index in [1.54, 1.807) is 12.1 Å². The van der Waals surface area contributed by atoms with Crippen LogP contribution in [-0.4, -0.2) is 4.92 Å². The average molecular weight is 221 g/mol. The van der Waals surface area contributed by atoms with E-state index in [1.807, 2.05) is 6.07 Å². The molecule has 0 aliphatic carbocycles. The third kappa shape index (κ3) is 2.60. The van der Waals surface area contributed by atoms with Crippen molar-refractivity contribution in [3.63, 3.8) is 0 Å². The van der Waals surface area contributed by atoms with E-state index < -0.39 is 0 Å². The standard InChI is InChI=1S/C13H19NO2/c1-9(2)11-8-10(14(15)16)6-7-12(11)13(3,4)5/h6-9H,1-5H3. The van der Waals surface area contributed by atoms with Crippen molar-refractivity contribution in [2.75, 3.05) is 0 Å². The fraction of sp³-hybridized carbons (Fsp3) is 0.538. The Bertz CT molecular complexity index is 403. The van der Waals surface area contributed by atoms with Gasteiger partial charge in [-0.2, -0.15) is 0 Å². The molecular weight excluding hydrogens is 202 g/mol. The lowest BCUT2D eigenvalue weighted by Gasteiger charge is -2.24. The molecule has 3 heteroatoms. The Morgan fingerprint density at radius 3 is 2.19 bits per heavy atom. The highest BCUT2D eigenvalue weighted by molar-refractivity contribution is 5.44. The predicted molar refractivity (Wildman–Crippen MR) is 65.9 cm³/mol. The third-order valence-electron chi connectivity index (χ3n) is 2.68. The minimum Gasteiger partial charge on any atom is -0.258 e. The van der Waals surface area contributed by atoms with Gasteiger partial charge in [-0.25, -0.2) is 0 Å². The first kappa shape index (κ1) is 12.7.